The normalized spacial score (nSPS) is 24.7. The number of rotatable bonds is 6. The average Bonchev–Trinajstić information content (AvgIpc) is 3.50. The van der Waals surface area contributed by atoms with Crippen molar-refractivity contribution < 1.29 is 40.0 Å². The van der Waals surface area contributed by atoms with E-state index in [4.69, 9.17) is 11.6 Å². The Morgan fingerprint density at radius 1 is 1.12 bits per heavy atom. The summed E-state index contributed by atoms with van der Waals surface area (Å²) >= 11 is 5.78. The van der Waals surface area contributed by atoms with Gasteiger partial charge in [-0.1, -0.05) is 17.7 Å². The van der Waals surface area contributed by atoms with Gasteiger partial charge < -0.3 is 10.2 Å². The van der Waals surface area contributed by atoms with Gasteiger partial charge in [0.15, 0.2) is 9.84 Å². The molecule has 0 radical (unpaired) electrons. The second-order valence-corrected chi connectivity index (χ2v) is 13.1. The zero-order chi connectivity index (χ0) is 30.0. The van der Waals surface area contributed by atoms with Crippen molar-refractivity contribution in [3.8, 4) is 17.3 Å². The van der Waals surface area contributed by atoms with Gasteiger partial charge in [0, 0.05) is 5.56 Å². The Morgan fingerprint density at radius 3 is 2.34 bits per heavy atom. The van der Waals surface area contributed by atoms with Crippen molar-refractivity contribution in [3.05, 3.63) is 41.3 Å². The summed E-state index contributed by atoms with van der Waals surface area (Å²) in [5, 5.41) is 10.1. The van der Waals surface area contributed by atoms with Crippen LogP contribution in [0.25, 0.3) is 11.3 Å². The van der Waals surface area contributed by atoms with Crippen LogP contribution in [0.15, 0.2) is 35.5 Å². The highest BCUT2D eigenvalue weighted by Gasteiger charge is 2.55. The molecule has 2 saturated carbocycles. The lowest BCUT2D eigenvalue weighted by atomic mass is 9.92. The van der Waals surface area contributed by atoms with Crippen LogP contribution in [0.3, 0.4) is 0 Å². The molecule has 0 bridgehead atoms. The van der Waals surface area contributed by atoms with E-state index in [9.17, 15) is 45.2 Å². The predicted molar refractivity (Wildman–Crippen MR) is 132 cm³/mol. The van der Waals surface area contributed by atoms with E-state index in [1.807, 2.05) is 6.07 Å². The molecule has 3 atom stereocenters. The van der Waals surface area contributed by atoms with Crippen molar-refractivity contribution in [2.75, 3.05) is 13.1 Å². The Bertz CT molecular complexity index is 1570. The molecule has 2 aliphatic carbocycles. The summed E-state index contributed by atoms with van der Waals surface area (Å²) in [5.74, 6) is -7.57. The summed E-state index contributed by atoms with van der Waals surface area (Å²) in [6.07, 6.45) is -3.23. The summed E-state index contributed by atoms with van der Waals surface area (Å²) in [6, 6.07) is 4.41. The number of alkyl halides is 5. The number of amides is 2. The lowest BCUT2D eigenvalue weighted by molar-refractivity contribution is -0.171. The van der Waals surface area contributed by atoms with Crippen molar-refractivity contribution in [2.45, 2.75) is 53.5 Å². The molecule has 3 aliphatic rings. The summed E-state index contributed by atoms with van der Waals surface area (Å²) in [7, 11) is -4.81. The molecule has 1 saturated heterocycles. The van der Waals surface area contributed by atoms with E-state index in [0.29, 0.717) is 18.9 Å². The number of hydrogen-bond donors (Lipinski definition) is 1. The van der Waals surface area contributed by atoms with Gasteiger partial charge in [-0.15, -0.1) is 0 Å². The zero-order valence-electron chi connectivity index (χ0n) is 21.0. The van der Waals surface area contributed by atoms with Gasteiger partial charge in [-0.25, -0.2) is 22.2 Å². The molecule has 0 unspecified atom stereocenters. The zero-order valence-corrected chi connectivity index (χ0v) is 22.5. The van der Waals surface area contributed by atoms with Crippen molar-refractivity contribution in [3.63, 3.8) is 0 Å². The highest BCUT2D eigenvalue weighted by atomic mass is 35.5. The van der Waals surface area contributed by atoms with Crippen LogP contribution in [0.5, 0.6) is 0 Å². The van der Waals surface area contributed by atoms with Crippen LogP contribution in [0.2, 0.25) is 5.15 Å². The highest BCUT2D eigenvalue weighted by molar-refractivity contribution is 7.92. The molecule has 2 aromatic rings. The fraction of sp³-hybridized carbons (Fsp3) is 0.480. The Balaban J connectivity index is 1.49. The number of nitrogens with one attached hydrogen (secondary N) is 1. The number of benzene rings is 1. The number of hydrogen-bond acceptors (Lipinski definition) is 7. The Labute approximate surface area is 235 Å². The molecule has 0 spiro atoms. The van der Waals surface area contributed by atoms with Gasteiger partial charge in [-0.2, -0.15) is 18.4 Å². The molecule has 1 N–H and O–H groups in total. The molecule has 9 nitrogen and oxygen atoms in total. The van der Waals surface area contributed by atoms with Crippen molar-refractivity contribution in [1.82, 2.24) is 20.2 Å². The van der Waals surface area contributed by atoms with E-state index >= 15 is 0 Å². The maximum absolute atomic E-state index is 14.2. The number of carbonyl (C=O) groups is 2. The number of halogens is 6. The predicted octanol–water partition coefficient (Wildman–Crippen LogP) is 3.63. The standard InChI is InChI=1S/C25H21ClF5N5O4S/c26-20-9-33-8-18(34-20)13-1-2-19(17(5-13)25(29,30)31)41(39,40)14-6-15(21(37)35-23(10-32)3-4-23)16(7-14)22(38)36-11-24(27,28)12-36/h1-2,5,8-9,14-16H,3-4,6-7,11-12H2,(H,35,37)/t14-,15-,16-/m1/s1. The van der Waals surface area contributed by atoms with E-state index in [1.54, 1.807) is 0 Å². The molecule has 2 amide bonds. The smallest absolute Gasteiger partial charge is 0.338 e. The van der Waals surface area contributed by atoms with Crippen LogP contribution < -0.4 is 5.32 Å². The molecule has 16 heteroatoms. The minimum absolute atomic E-state index is 0.0342. The van der Waals surface area contributed by atoms with E-state index in [0.717, 1.165) is 23.2 Å². The molecule has 41 heavy (non-hydrogen) atoms. The summed E-state index contributed by atoms with van der Waals surface area (Å²) in [5.41, 5.74) is -2.80. The number of carbonyl (C=O) groups excluding carboxylic acids is 2. The largest absolute Gasteiger partial charge is 0.417 e. The van der Waals surface area contributed by atoms with Crippen LogP contribution in [-0.4, -0.2) is 64.9 Å². The monoisotopic (exact) mass is 617 g/mol. The van der Waals surface area contributed by atoms with Crippen molar-refractivity contribution >= 4 is 33.3 Å². The third kappa shape index (κ3) is 5.59. The minimum Gasteiger partial charge on any atom is -0.338 e. The molecule has 218 valence electrons. The van der Waals surface area contributed by atoms with E-state index in [2.05, 4.69) is 15.3 Å². The third-order valence-corrected chi connectivity index (χ3v) is 10.0. The Kier molecular flexibility index (Phi) is 7.01. The van der Waals surface area contributed by atoms with Gasteiger partial charge in [0.25, 0.3) is 5.92 Å². The van der Waals surface area contributed by atoms with Gasteiger partial charge in [0.1, 0.15) is 10.7 Å². The molecule has 3 fully saturated rings. The maximum atomic E-state index is 14.2. The van der Waals surface area contributed by atoms with Gasteiger partial charge in [0.2, 0.25) is 11.8 Å². The fourth-order valence-corrected chi connectivity index (χ4v) is 7.41. The first-order valence-corrected chi connectivity index (χ1v) is 14.3. The molecular weight excluding hydrogens is 597 g/mol. The molecular formula is C25H21ClF5N5O4S. The van der Waals surface area contributed by atoms with Gasteiger partial charge in [0.05, 0.1) is 64.8 Å². The lowest BCUT2D eigenvalue weighted by Gasteiger charge is -2.40. The second kappa shape index (κ2) is 9.87. The van der Waals surface area contributed by atoms with Crippen LogP contribution in [0.4, 0.5) is 22.0 Å². The molecule has 1 aromatic heterocycles. The van der Waals surface area contributed by atoms with Crippen LogP contribution in [0, 0.1) is 23.2 Å². The number of sulfone groups is 1. The minimum atomic E-state index is -5.12. The number of nitrogens with zero attached hydrogens (tertiary/aromatic N) is 4. The third-order valence-electron chi connectivity index (χ3n) is 7.59. The molecule has 1 aromatic carbocycles. The maximum Gasteiger partial charge on any atom is 0.417 e. The SMILES string of the molecule is N#CC1(NC(=O)[C@@H]2C[C@@H](S(=O)(=O)c3ccc(-c4cncc(Cl)n4)cc3C(F)(F)F)C[C@H]2C(=O)N2CC(F)(F)C2)CC1. The first kappa shape index (κ1) is 29.1. The van der Waals surface area contributed by atoms with Gasteiger partial charge in [-0.3, -0.25) is 14.6 Å². The Hall–Kier alpha value is -3.38. The number of aromatic nitrogens is 2. The number of nitriles is 1. The van der Waals surface area contributed by atoms with Crippen molar-refractivity contribution in [2.24, 2.45) is 11.8 Å². The summed E-state index contributed by atoms with van der Waals surface area (Å²) in [4.78, 5) is 33.6. The van der Waals surface area contributed by atoms with E-state index < -0.39 is 92.8 Å². The first-order valence-electron chi connectivity index (χ1n) is 12.4. The van der Waals surface area contributed by atoms with Crippen LogP contribution in [0.1, 0.15) is 31.2 Å². The number of likely N-dealkylation sites (tertiary alicyclic amines) is 1. The topological polar surface area (TPSA) is 133 Å². The Morgan fingerprint density at radius 2 is 1.78 bits per heavy atom. The van der Waals surface area contributed by atoms with Crippen LogP contribution >= 0.6 is 11.6 Å². The first-order chi connectivity index (χ1) is 19.1. The highest BCUT2D eigenvalue weighted by Crippen LogP contribution is 2.45. The van der Waals surface area contributed by atoms with Crippen LogP contribution in [-0.2, 0) is 25.6 Å². The lowest BCUT2D eigenvalue weighted by Crippen LogP contribution is -2.60. The molecule has 2 heterocycles. The second-order valence-electron chi connectivity index (χ2n) is 10.5. The van der Waals surface area contributed by atoms with Gasteiger partial charge >= 0.3 is 6.18 Å². The van der Waals surface area contributed by atoms with E-state index in [-0.39, 0.29) is 16.4 Å². The van der Waals surface area contributed by atoms with Gasteiger partial charge in [-0.05, 0) is 37.8 Å². The average molecular weight is 618 g/mol. The van der Waals surface area contributed by atoms with Crippen molar-refractivity contribution in [1.29, 1.82) is 5.26 Å². The summed E-state index contributed by atoms with van der Waals surface area (Å²) in [6.45, 7) is -1.83. The molecule has 5 rings (SSSR count). The molecule has 1 aliphatic heterocycles. The van der Waals surface area contributed by atoms with E-state index in [1.165, 1.54) is 6.20 Å². The quantitative estimate of drug-likeness (QED) is 0.490. The fourth-order valence-electron chi connectivity index (χ4n) is 5.25. The summed E-state index contributed by atoms with van der Waals surface area (Å²) < 4.78 is 96.8.